The molecule has 3 N–H and O–H groups in total. The van der Waals surface area contributed by atoms with E-state index in [0.717, 1.165) is 0 Å². The zero-order valence-corrected chi connectivity index (χ0v) is 17.5. The molecular weight excluding hydrogens is 426 g/mol. The summed E-state index contributed by atoms with van der Waals surface area (Å²) in [6, 6.07) is 13.1. The molecule has 9 nitrogen and oxygen atoms in total. The summed E-state index contributed by atoms with van der Waals surface area (Å²) < 4.78 is 9.90. The second-order valence-corrected chi connectivity index (χ2v) is 6.68. The molecule has 2 aromatic carbocycles. The Morgan fingerprint density at radius 1 is 0.903 bits per heavy atom. The Bertz CT molecular complexity index is 933. The second-order valence-electron chi connectivity index (χ2n) is 6.27. The minimum atomic E-state index is -0.613. The fourth-order valence-corrected chi connectivity index (χ4v) is 2.61. The quantitative estimate of drug-likeness (QED) is 0.401. The van der Waals surface area contributed by atoms with Gasteiger partial charge in [-0.15, -0.1) is 0 Å². The molecule has 2 rings (SSSR count). The van der Waals surface area contributed by atoms with Crippen LogP contribution in [0.15, 0.2) is 48.5 Å². The number of amides is 3. The highest BCUT2D eigenvalue weighted by atomic mass is 35.5. The molecule has 0 unspecified atom stereocenters. The van der Waals surface area contributed by atoms with E-state index < -0.39 is 30.3 Å². The van der Waals surface area contributed by atoms with Crippen molar-refractivity contribution in [3.05, 3.63) is 59.1 Å². The van der Waals surface area contributed by atoms with Gasteiger partial charge in [0.1, 0.15) is 5.75 Å². The normalized spacial score (nSPS) is 10.0. The summed E-state index contributed by atoms with van der Waals surface area (Å²) in [7, 11) is 1.54. The van der Waals surface area contributed by atoms with Gasteiger partial charge < -0.3 is 14.8 Å². The standard InChI is InChI=1S/C21H22ClN3O6/c1-30-15-11-9-14(10-12-15)23-19(27)13-31-20(28)8-4-7-18(26)24-25-21(29)16-5-2-3-6-17(16)22/h2-3,5-6,9-12H,4,7-8,13H2,1H3,(H,23,27)(H,24,26)(H,25,29). The maximum absolute atomic E-state index is 11.9. The van der Waals surface area contributed by atoms with Crippen LogP contribution in [-0.2, 0) is 19.1 Å². The molecule has 10 heteroatoms. The number of ether oxygens (including phenoxy) is 2. The van der Waals surface area contributed by atoms with Crippen LogP contribution in [-0.4, -0.2) is 37.4 Å². The maximum atomic E-state index is 11.9. The molecule has 0 bridgehead atoms. The van der Waals surface area contributed by atoms with Gasteiger partial charge in [0.2, 0.25) is 5.91 Å². The molecule has 0 spiro atoms. The molecular formula is C21H22ClN3O6. The topological polar surface area (TPSA) is 123 Å². The maximum Gasteiger partial charge on any atom is 0.306 e. The number of rotatable bonds is 9. The molecule has 0 atom stereocenters. The third kappa shape index (κ3) is 8.35. The van der Waals surface area contributed by atoms with E-state index in [9.17, 15) is 19.2 Å². The van der Waals surface area contributed by atoms with E-state index in [0.29, 0.717) is 11.4 Å². The number of hydrogen-bond acceptors (Lipinski definition) is 6. The van der Waals surface area contributed by atoms with E-state index in [1.165, 1.54) is 13.2 Å². The summed E-state index contributed by atoms with van der Waals surface area (Å²) in [5.74, 6) is -1.49. The van der Waals surface area contributed by atoms with Crippen LogP contribution in [0.3, 0.4) is 0 Å². The predicted molar refractivity (Wildman–Crippen MR) is 113 cm³/mol. The molecule has 3 amide bonds. The van der Waals surface area contributed by atoms with E-state index in [4.69, 9.17) is 21.1 Å². The van der Waals surface area contributed by atoms with Gasteiger partial charge in [0.25, 0.3) is 11.8 Å². The van der Waals surface area contributed by atoms with Gasteiger partial charge in [-0.05, 0) is 42.8 Å². The number of esters is 1. The van der Waals surface area contributed by atoms with E-state index in [-0.39, 0.29) is 29.8 Å². The first kappa shape index (κ1) is 23.7. The highest BCUT2D eigenvalue weighted by molar-refractivity contribution is 6.33. The molecule has 0 aliphatic heterocycles. The number of nitrogens with one attached hydrogen (secondary N) is 3. The van der Waals surface area contributed by atoms with Gasteiger partial charge in [-0.25, -0.2) is 0 Å². The average molecular weight is 448 g/mol. The smallest absolute Gasteiger partial charge is 0.306 e. The van der Waals surface area contributed by atoms with E-state index in [1.807, 2.05) is 0 Å². The zero-order valence-electron chi connectivity index (χ0n) is 16.8. The van der Waals surface area contributed by atoms with Gasteiger partial charge in [0.15, 0.2) is 6.61 Å². The third-order valence-corrected chi connectivity index (χ3v) is 4.29. The molecule has 0 fully saturated rings. The third-order valence-electron chi connectivity index (χ3n) is 3.96. The van der Waals surface area contributed by atoms with Gasteiger partial charge in [-0.1, -0.05) is 23.7 Å². The van der Waals surface area contributed by atoms with E-state index in [1.54, 1.807) is 42.5 Å². The van der Waals surface area contributed by atoms with Crippen molar-refractivity contribution in [2.75, 3.05) is 19.0 Å². The minimum absolute atomic E-state index is 0.0179. The summed E-state index contributed by atoms with van der Waals surface area (Å²) in [4.78, 5) is 47.2. The molecule has 0 aromatic heterocycles. The molecule has 0 saturated carbocycles. The highest BCUT2D eigenvalue weighted by Gasteiger charge is 2.12. The van der Waals surface area contributed by atoms with Crippen LogP contribution in [0.1, 0.15) is 29.6 Å². The Morgan fingerprint density at radius 2 is 1.61 bits per heavy atom. The highest BCUT2D eigenvalue weighted by Crippen LogP contribution is 2.15. The van der Waals surface area contributed by atoms with Gasteiger partial charge in [-0.3, -0.25) is 30.0 Å². The Hall–Kier alpha value is -3.59. The fraction of sp³-hybridized carbons (Fsp3) is 0.238. The molecule has 0 aliphatic rings. The van der Waals surface area contributed by atoms with Crippen LogP contribution in [0, 0.1) is 0 Å². The van der Waals surface area contributed by atoms with Crippen LogP contribution in [0.5, 0.6) is 5.75 Å². The lowest BCUT2D eigenvalue weighted by atomic mass is 10.2. The average Bonchev–Trinajstić information content (AvgIpc) is 2.77. The van der Waals surface area contributed by atoms with Crippen molar-refractivity contribution in [1.82, 2.24) is 10.9 Å². The number of hydrogen-bond donors (Lipinski definition) is 3. The lowest BCUT2D eigenvalue weighted by molar-refractivity contribution is -0.147. The first-order valence-electron chi connectivity index (χ1n) is 9.32. The summed E-state index contributed by atoms with van der Waals surface area (Å²) in [6.07, 6.45) is 0.115. The Balaban J connectivity index is 1.60. The van der Waals surface area contributed by atoms with E-state index >= 15 is 0 Å². The molecule has 31 heavy (non-hydrogen) atoms. The number of anilines is 1. The summed E-state index contributed by atoms with van der Waals surface area (Å²) in [5.41, 5.74) is 5.26. The van der Waals surface area contributed by atoms with Crippen LogP contribution in [0.2, 0.25) is 5.02 Å². The largest absolute Gasteiger partial charge is 0.497 e. The van der Waals surface area contributed by atoms with Crippen LogP contribution < -0.4 is 20.9 Å². The summed E-state index contributed by atoms with van der Waals surface area (Å²) in [5, 5.41) is 2.84. The summed E-state index contributed by atoms with van der Waals surface area (Å²) in [6.45, 7) is -0.440. The van der Waals surface area contributed by atoms with Gasteiger partial charge in [0, 0.05) is 18.5 Å². The molecule has 164 valence electrons. The van der Waals surface area contributed by atoms with Crippen molar-refractivity contribution in [3.63, 3.8) is 0 Å². The van der Waals surface area contributed by atoms with Crippen molar-refractivity contribution in [1.29, 1.82) is 0 Å². The van der Waals surface area contributed by atoms with Gasteiger partial charge >= 0.3 is 5.97 Å². The Labute approximate surface area is 184 Å². The first-order valence-corrected chi connectivity index (χ1v) is 9.70. The number of carbonyl (C=O) groups excluding carboxylic acids is 4. The number of halogens is 1. The van der Waals surface area contributed by atoms with Gasteiger partial charge in [0.05, 0.1) is 17.7 Å². The van der Waals surface area contributed by atoms with Crippen LogP contribution >= 0.6 is 11.6 Å². The second kappa shape index (κ2) is 12.2. The Kier molecular flexibility index (Phi) is 9.31. The molecule has 0 heterocycles. The SMILES string of the molecule is COc1ccc(NC(=O)COC(=O)CCCC(=O)NNC(=O)c2ccccc2Cl)cc1. The summed E-state index contributed by atoms with van der Waals surface area (Å²) >= 11 is 5.90. The number of carbonyl (C=O) groups is 4. The van der Waals surface area contributed by atoms with Crippen molar-refractivity contribution in [2.24, 2.45) is 0 Å². The molecule has 0 aliphatic carbocycles. The number of hydrazine groups is 1. The minimum Gasteiger partial charge on any atom is -0.497 e. The van der Waals surface area contributed by atoms with Crippen molar-refractivity contribution in [3.8, 4) is 5.75 Å². The lowest BCUT2D eigenvalue weighted by Crippen LogP contribution is -2.41. The monoisotopic (exact) mass is 447 g/mol. The Morgan fingerprint density at radius 3 is 2.29 bits per heavy atom. The number of benzene rings is 2. The van der Waals surface area contributed by atoms with Crippen molar-refractivity contribution >= 4 is 41.0 Å². The van der Waals surface area contributed by atoms with Gasteiger partial charge in [-0.2, -0.15) is 0 Å². The molecule has 0 saturated heterocycles. The van der Waals surface area contributed by atoms with Crippen LogP contribution in [0.25, 0.3) is 0 Å². The number of methoxy groups -OCH3 is 1. The zero-order chi connectivity index (χ0) is 22.6. The van der Waals surface area contributed by atoms with Crippen molar-refractivity contribution < 1.29 is 28.7 Å². The van der Waals surface area contributed by atoms with Crippen LogP contribution in [0.4, 0.5) is 5.69 Å². The van der Waals surface area contributed by atoms with Crippen molar-refractivity contribution in [2.45, 2.75) is 19.3 Å². The first-order chi connectivity index (χ1) is 14.9. The van der Waals surface area contributed by atoms with E-state index in [2.05, 4.69) is 16.2 Å². The molecule has 0 radical (unpaired) electrons. The predicted octanol–water partition coefficient (Wildman–Crippen LogP) is 2.46. The fourth-order valence-electron chi connectivity index (χ4n) is 2.38. The molecule has 2 aromatic rings. The lowest BCUT2D eigenvalue weighted by Gasteiger charge is -2.09.